The van der Waals surface area contributed by atoms with Crippen molar-refractivity contribution >= 4 is 17.7 Å². The van der Waals surface area contributed by atoms with Gasteiger partial charge in [0, 0.05) is 18.8 Å². The maximum atomic E-state index is 13.8. The lowest BCUT2D eigenvalue weighted by Crippen LogP contribution is -2.39. The molecule has 2 saturated carbocycles. The van der Waals surface area contributed by atoms with Crippen LogP contribution in [-0.2, 0) is 11.2 Å². The van der Waals surface area contributed by atoms with E-state index in [0.29, 0.717) is 29.7 Å². The predicted molar refractivity (Wildman–Crippen MR) is 111 cm³/mol. The van der Waals surface area contributed by atoms with Crippen molar-refractivity contribution in [1.29, 1.82) is 0 Å². The Bertz CT molecular complexity index is 872. The van der Waals surface area contributed by atoms with Gasteiger partial charge in [-0.2, -0.15) is 0 Å². The fourth-order valence-corrected chi connectivity index (χ4v) is 6.44. The zero-order chi connectivity index (χ0) is 21.3. The van der Waals surface area contributed by atoms with Gasteiger partial charge in [0.1, 0.15) is 11.2 Å². The van der Waals surface area contributed by atoms with Crippen LogP contribution in [0, 0.1) is 35.2 Å². The van der Waals surface area contributed by atoms with Gasteiger partial charge in [0.05, 0.1) is 5.57 Å². The summed E-state index contributed by atoms with van der Waals surface area (Å²) < 4.78 is 40.3. The van der Waals surface area contributed by atoms with Crippen LogP contribution in [0.5, 0.6) is 0 Å². The largest absolute Gasteiger partial charge is 0.478 e. The molecule has 162 valence electrons. The molecule has 2 bridgehead atoms. The highest BCUT2D eigenvalue weighted by atomic mass is 32.2. The van der Waals surface area contributed by atoms with Gasteiger partial charge in [0.15, 0.2) is 11.6 Å². The summed E-state index contributed by atoms with van der Waals surface area (Å²) in [5, 5.41) is 9.36. The highest BCUT2D eigenvalue weighted by Gasteiger charge is 2.41. The summed E-state index contributed by atoms with van der Waals surface area (Å²) in [6.07, 6.45) is 11.4. The molecule has 1 heterocycles. The summed E-state index contributed by atoms with van der Waals surface area (Å²) in [7, 11) is 0. The van der Waals surface area contributed by atoms with Crippen molar-refractivity contribution in [2.24, 2.45) is 17.8 Å². The summed E-state index contributed by atoms with van der Waals surface area (Å²) in [5.41, 5.74) is 0.496. The first kappa shape index (κ1) is 21.3. The van der Waals surface area contributed by atoms with E-state index >= 15 is 0 Å². The Labute approximate surface area is 179 Å². The molecular formula is C23H26F3NO2S. The van der Waals surface area contributed by atoms with Gasteiger partial charge in [-0.25, -0.2) is 18.0 Å². The molecule has 1 aromatic rings. The van der Waals surface area contributed by atoms with Crippen LogP contribution in [0.1, 0.15) is 37.7 Å². The number of allylic oxidation sites excluding steroid dienone is 2. The molecule has 4 atom stereocenters. The number of hydrogen-bond acceptors (Lipinski definition) is 3. The summed E-state index contributed by atoms with van der Waals surface area (Å²) in [4.78, 5) is 13.9. The first-order valence-electron chi connectivity index (χ1n) is 10.5. The average molecular weight is 438 g/mol. The second-order valence-corrected chi connectivity index (χ2v) is 9.77. The minimum absolute atomic E-state index is 0.144. The summed E-state index contributed by atoms with van der Waals surface area (Å²) in [5.74, 6) is -1.12. The molecule has 0 spiro atoms. The number of halogens is 3. The quantitative estimate of drug-likeness (QED) is 0.438. The normalized spacial score (nSPS) is 27.6. The second kappa shape index (κ2) is 9.08. The highest BCUT2D eigenvalue weighted by Crippen LogP contribution is 2.49. The van der Waals surface area contributed by atoms with Gasteiger partial charge in [-0.1, -0.05) is 6.42 Å². The molecule has 0 amide bonds. The van der Waals surface area contributed by atoms with Gasteiger partial charge < -0.3 is 10.0 Å². The van der Waals surface area contributed by atoms with Crippen molar-refractivity contribution < 1.29 is 23.1 Å². The monoisotopic (exact) mass is 437 g/mol. The summed E-state index contributed by atoms with van der Waals surface area (Å²) in [6.45, 7) is 0.859. The number of aryl methyl sites for hydroxylation is 1. The third-order valence-corrected chi connectivity index (χ3v) is 8.02. The van der Waals surface area contributed by atoms with Gasteiger partial charge in [-0.05, 0) is 79.4 Å². The van der Waals surface area contributed by atoms with Gasteiger partial charge in [-0.15, -0.1) is 11.8 Å². The Morgan fingerprint density at radius 3 is 2.63 bits per heavy atom. The van der Waals surface area contributed by atoms with Crippen LogP contribution >= 0.6 is 11.8 Å². The molecule has 4 unspecified atom stereocenters. The Morgan fingerprint density at radius 1 is 1.13 bits per heavy atom. The van der Waals surface area contributed by atoms with Crippen molar-refractivity contribution in [3.05, 3.63) is 59.1 Å². The van der Waals surface area contributed by atoms with Crippen LogP contribution in [-0.4, -0.2) is 33.6 Å². The predicted octanol–water partition coefficient (Wildman–Crippen LogP) is 5.37. The molecule has 2 fully saturated rings. The van der Waals surface area contributed by atoms with Crippen molar-refractivity contribution in [3.63, 3.8) is 0 Å². The van der Waals surface area contributed by atoms with E-state index in [0.717, 1.165) is 24.4 Å². The molecule has 4 rings (SSSR count). The van der Waals surface area contributed by atoms with Crippen LogP contribution in [0.4, 0.5) is 13.2 Å². The smallest absolute Gasteiger partial charge is 0.334 e. The number of carboxylic acids is 1. The molecule has 7 heteroatoms. The van der Waals surface area contributed by atoms with Crippen molar-refractivity contribution in [2.45, 2.75) is 43.9 Å². The maximum absolute atomic E-state index is 13.8. The lowest BCUT2D eigenvalue weighted by atomic mass is 9.88. The van der Waals surface area contributed by atoms with Crippen molar-refractivity contribution in [1.82, 2.24) is 4.90 Å². The minimum atomic E-state index is -1.19. The number of hydrogen-bond donors (Lipinski definition) is 1. The summed E-state index contributed by atoms with van der Waals surface area (Å²) >= 11 is 1.51. The number of carbonyl (C=O) groups is 1. The fourth-order valence-electron chi connectivity index (χ4n) is 5.20. The van der Waals surface area contributed by atoms with Gasteiger partial charge in [0.25, 0.3) is 0 Å². The molecule has 1 aliphatic heterocycles. The van der Waals surface area contributed by atoms with E-state index in [-0.39, 0.29) is 17.4 Å². The molecule has 0 saturated heterocycles. The van der Waals surface area contributed by atoms with Gasteiger partial charge in [0.2, 0.25) is 0 Å². The second-order valence-electron chi connectivity index (χ2n) is 8.58. The van der Waals surface area contributed by atoms with Crippen molar-refractivity contribution in [2.75, 3.05) is 12.3 Å². The van der Waals surface area contributed by atoms with Crippen LogP contribution in [0.25, 0.3) is 0 Å². The topological polar surface area (TPSA) is 40.5 Å². The molecular weight excluding hydrogens is 411 g/mol. The number of nitrogens with zero attached hydrogens (tertiary/aromatic N) is 1. The Kier molecular flexibility index (Phi) is 6.46. The standard InChI is InChI=1S/C23H26F3NO2S/c24-19-12-21(26)20(25)11-16(19)3-2-8-30-22-18(23(28)29)4-1-7-27(22)13-17-10-14-5-6-15(17)9-14/h1,4,7,11-12,14-15,17,22H,2-3,5-6,8-10,13H2,(H,28,29). The Hall–Kier alpha value is -1.89. The van der Waals surface area contributed by atoms with Crippen LogP contribution in [0.3, 0.4) is 0 Å². The van der Waals surface area contributed by atoms with E-state index in [9.17, 15) is 23.1 Å². The lowest BCUT2D eigenvalue weighted by Gasteiger charge is -2.36. The van der Waals surface area contributed by atoms with Crippen LogP contribution < -0.4 is 0 Å². The van der Waals surface area contributed by atoms with Gasteiger partial charge >= 0.3 is 5.97 Å². The number of benzene rings is 1. The third-order valence-electron chi connectivity index (χ3n) is 6.65. The SMILES string of the molecule is O=C(O)C1=CC=CN(CC2CC3CCC2C3)C1SCCCc1cc(F)c(F)cc1F. The number of fused-ring (bicyclic) bond motifs is 2. The maximum Gasteiger partial charge on any atom is 0.334 e. The van der Waals surface area contributed by atoms with Crippen molar-refractivity contribution in [3.8, 4) is 0 Å². The first-order valence-corrected chi connectivity index (χ1v) is 11.6. The Morgan fingerprint density at radius 2 is 1.93 bits per heavy atom. The highest BCUT2D eigenvalue weighted by molar-refractivity contribution is 8.00. The minimum Gasteiger partial charge on any atom is -0.478 e. The number of thioether (sulfide) groups is 1. The van der Waals surface area contributed by atoms with E-state index in [1.165, 1.54) is 37.4 Å². The van der Waals surface area contributed by atoms with E-state index in [1.54, 1.807) is 12.2 Å². The molecule has 1 aromatic carbocycles. The third kappa shape index (κ3) is 4.56. The zero-order valence-electron chi connectivity index (χ0n) is 16.7. The van der Waals surface area contributed by atoms with Crippen LogP contribution in [0.15, 0.2) is 36.1 Å². The van der Waals surface area contributed by atoms with Gasteiger partial charge in [-0.3, -0.25) is 0 Å². The molecule has 1 N–H and O–H groups in total. The number of aliphatic carboxylic acids is 1. The molecule has 30 heavy (non-hydrogen) atoms. The van der Waals surface area contributed by atoms with E-state index in [4.69, 9.17) is 0 Å². The number of rotatable bonds is 8. The summed E-state index contributed by atoms with van der Waals surface area (Å²) in [6, 6.07) is 1.48. The Balaban J connectivity index is 1.36. The van der Waals surface area contributed by atoms with Crippen LogP contribution in [0.2, 0.25) is 0 Å². The lowest BCUT2D eigenvalue weighted by molar-refractivity contribution is -0.133. The van der Waals surface area contributed by atoms with E-state index in [2.05, 4.69) is 4.90 Å². The van der Waals surface area contributed by atoms with E-state index in [1.807, 2.05) is 6.20 Å². The molecule has 0 aromatic heterocycles. The van der Waals surface area contributed by atoms with E-state index < -0.39 is 23.4 Å². The molecule has 0 radical (unpaired) electrons. The fraction of sp³-hybridized carbons (Fsp3) is 0.522. The zero-order valence-corrected chi connectivity index (χ0v) is 17.5. The number of carboxylic acid groups (broad SMARTS) is 1. The molecule has 3 aliphatic rings. The first-order chi connectivity index (χ1) is 14.4. The average Bonchev–Trinajstić information content (AvgIpc) is 3.32. The molecule has 3 nitrogen and oxygen atoms in total. The molecule has 2 aliphatic carbocycles.